The van der Waals surface area contributed by atoms with Crippen LogP contribution in [0.1, 0.15) is 36.8 Å². The molecule has 11 heteroatoms. The summed E-state index contributed by atoms with van der Waals surface area (Å²) in [6.07, 6.45) is 0. The maximum Gasteiger partial charge on any atom is 0.345 e. The fourth-order valence-electron chi connectivity index (χ4n) is 3.30. The highest BCUT2D eigenvalue weighted by Gasteiger charge is 2.30. The second kappa shape index (κ2) is 10.3. The third-order valence-corrected chi connectivity index (χ3v) is 6.20. The Bertz CT molecular complexity index is 1240. The zero-order chi connectivity index (χ0) is 25.9. The summed E-state index contributed by atoms with van der Waals surface area (Å²) in [7, 11) is 4.37. The van der Waals surface area contributed by atoms with E-state index < -0.39 is 16.4 Å². The second-order valence-corrected chi connectivity index (χ2v) is 9.48. The van der Waals surface area contributed by atoms with Gasteiger partial charge in [-0.2, -0.15) is 5.10 Å². The Balaban J connectivity index is 2.10. The lowest BCUT2D eigenvalue weighted by Crippen LogP contribution is -2.25. The first-order valence-corrected chi connectivity index (χ1v) is 11.4. The smallest absolute Gasteiger partial charge is 0.345 e. The summed E-state index contributed by atoms with van der Waals surface area (Å²) >= 11 is 1.12. The highest BCUT2D eigenvalue weighted by atomic mass is 32.2. The van der Waals surface area contributed by atoms with Crippen molar-refractivity contribution >= 4 is 23.4 Å². The van der Waals surface area contributed by atoms with Gasteiger partial charge in [0.2, 0.25) is 11.6 Å². The summed E-state index contributed by atoms with van der Waals surface area (Å²) in [5.41, 5.74) is 0.135. The van der Waals surface area contributed by atoms with Gasteiger partial charge >= 0.3 is 5.97 Å². The van der Waals surface area contributed by atoms with Crippen molar-refractivity contribution in [3.8, 4) is 23.1 Å². The number of nitro groups is 1. The van der Waals surface area contributed by atoms with Crippen LogP contribution in [0.15, 0.2) is 46.2 Å². The minimum absolute atomic E-state index is 0.0534. The van der Waals surface area contributed by atoms with Crippen LogP contribution in [-0.4, -0.2) is 42.0 Å². The van der Waals surface area contributed by atoms with E-state index in [0.717, 1.165) is 11.8 Å². The van der Waals surface area contributed by atoms with Crippen LogP contribution < -0.4 is 18.9 Å². The third kappa shape index (κ3) is 5.35. The molecule has 0 unspecified atom stereocenters. The van der Waals surface area contributed by atoms with Crippen LogP contribution in [0.25, 0.3) is 0 Å². The zero-order valence-corrected chi connectivity index (χ0v) is 21.4. The molecule has 0 spiro atoms. The van der Waals surface area contributed by atoms with Crippen molar-refractivity contribution in [1.29, 1.82) is 0 Å². The van der Waals surface area contributed by atoms with Crippen LogP contribution in [0.5, 0.6) is 23.1 Å². The van der Waals surface area contributed by atoms with Crippen LogP contribution in [0.2, 0.25) is 0 Å². The van der Waals surface area contributed by atoms with Crippen LogP contribution >= 0.6 is 11.8 Å². The summed E-state index contributed by atoms with van der Waals surface area (Å²) in [4.78, 5) is 25.3. The topological polar surface area (TPSA) is 115 Å². The van der Waals surface area contributed by atoms with Crippen molar-refractivity contribution < 1.29 is 28.7 Å². The predicted molar refractivity (Wildman–Crippen MR) is 130 cm³/mol. The summed E-state index contributed by atoms with van der Waals surface area (Å²) in [5, 5.41) is 16.1. The van der Waals surface area contributed by atoms with Gasteiger partial charge in [0.05, 0.1) is 52.8 Å². The molecular weight excluding hydrogens is 474 g/mol. The number of aromatic nitrogens is 2. The van der Waals surface area contributed by atoms with E-state index in [4.69, 9.17) is 18.9 Å². The number of carbonyl (C=O) groups is 1. The highest BCUT2D eigenvalue weighted by Crippen LogP contribution is 2.44. The lowest BCUT2D eigenvalue weighted by molar-refractivity contribution is -0.387. The van der Waals surface area contributed by atoms with E-state index in [1.165, 1.54) is 39.5 Å². The van der Waals surface area contributed by atoms with Gasteiger partial charge in [-0.3, -0.25) is 10.1 Å². The Morgan fingerprint density at radius 2 is 1.66 bits per heavy atom. The van der Waals surface area contributed by atoms with Gasteiger partial charge in [0.25, 0.3) is 5.69 Å². The van der Waals surface area contributed by atoms with Crippen molar-refractivity contribution in [3.05, 3.63) is 57.8 Å². The van der Waals surface area contributed by atoms with Gasteiger partial charge in [-0.25, -0.2) is 9.48 Å². The maximum atomic E-state index is 13.3. The van der Waals surface area contributed by atoms with Crippen molar-refractivity contribution in [2.75, 3.05) is 21.3 Å². The molecule has 0 saturated carbocycles. The van der Waals surface area contributed by atoms with E-state index in [0.29, 0.717) is 32.7 Å². The Kier molecular flexibility index (Phi) is 7.59. The summed E-state index contributed by atoms with van der Waals surface area (Å²) in [5.74, 6) is 0.438. The monoisotopic (exact) mass is 501 g/mol. The number of methoxy groups -OCH3 is 3. The van der Waals surface area contributed by atoms with Crippen molar-refractivity contribution in [3.63, 3.8) is 0 Å². The largest absolute Gasteiger partial charge is 0.493 e. The van der Waals surface area contributed by atoms with E-state index in [9.17, 15) is 14.9 Å². The minimum Gasteiger partial charge on any atom is -0.493 e. The molecule has 0 fully saturated rings. The minimum atomic E-state index is -0.681. The number of para-hydroxylation sites is 1. The number of hydrogen-bond acceptors (Lipinski definition) is 9. The number of nitro benzene ring substituents is 1. The normalized spacial score (nSPS) is 11.2. The first-order chi connectivity index (χ1) is 16.5. The number of ether oxygens (including phenoxy) is 4. The first-order valence-electron chi connectivity index (χ1n) is 10.5. The number of nitrogens with zero attached hydrogens (tertiary/aromatic N) is 3. The first kappa shape index (κ1) is 25.9. The van der Waals surface area contributed by atoms with Crippen LogP contribution in [0.4, 0.5) is 5.69 Å². The number of esters is 1. The fraction of sp³-hybridized carbons (Fsp3) is 0.333. The molecule has 0 saturated heterocycles. The molecule has 1 heterocycles. The van der Waals surface area contributed by atoms with E-state index in [2.05, 4.69) is 5.10 Å². The van der Waals surface area contributed by atoms with Crippen molar-refractivity contribution in [2.24, 2.45) is 0 Å². The van der Waals surface area contributed by atoms with E-state index in [1.807, 2.05) is 20.8 Å². The molecule has 35 heavy (non-hydrogen) atoms. The molecule has 0 N–H and O–H groups in total. The van der Waals surface area contributed by atoms with Gasteiger partial charge < -0.3 is 18.9 Å². The van der Waals surface area contributed by atoms with Gasteiger partial charge in [-0.05, 0) is 45.9 Å². The Morgan fingerprint density at radius 3 is 2.17 bits per heavy atom. The number of aryl methyl sites for hydroxylation is 1. The third-order valence-electron chi connectivity index (χ3n) is 4.96. The molecule has 3 aromatic rings. The number of benzene rings is 2. The lowest BCUT2D eigenvalue weighted by atomic mass is 10.1. The van der Waals surface area contributed by atoms with E-state index in [-0.39, 0.29) is 17.1 Å². The summed E-state index contributed by atoms with van der Waals surface area (Å²) in [6, 6.07) is 9.35. The SMILES string of the molecule is COc1cc(C(=O)Oc2c(Sc3ccccc3[N+](=O)[O-])c(C)nn2C(C)(C)C)cc(OC)c1OC. The van der Waals surface area contributed by atoms with Gasteiger partial charge in [0, 0.05) is 6.07 Å². The van der Waals surface area contributed by atoms with Crippen LogP contribution in [0, 0.1) is 17.0 Å². The molecule has 0 atom stereocenters. The molecule has 0 aliphatic heterocycles. The molecular formula is C24H27N3O7S. The molecule has 1 aromatic heterocycles. The van der Waals surface area contributed by atoms with Crippen molar-refractivity contribution in [1.82, 2.24) is 9.78 Å². The molecule has 10 nitrogen and oxygen atoms in total. The fourth-order valence-corrected chi connectivity index (χ4v) is 4.32. The molecule has 2 aromatic carbocycles. The van der Waals surface area contributed by atoms with Gasteiger partial charge in [-0.15, -0.1) is 0 Å². The average molecular weight is 502 g/mol. The van der Waals surface area contributed by atoms with E-state index >= 15 is 0 Å². The quantitative estimate of drug-likeness (QED) is 0.232. The van der Waals surface area contributed by atoms with Crippen LogP contribution in [0.3, 0.4) is 0 Å². The molecule has 0 bridgehead atoms. The molecule has 0 aliphatic carbocycles. The number of carbonyl (C=O) groups excluding carboxylic acids is 1. The van der Waals surface area contributed by atoms with Crippen LogP contribution in [-0.2, 0) is 5.54 Å². The molecule has 3 rings (SSSR count). The molecule has 186 valence electrons. The summed E-state index contributed by atoms with van der Waals surface area (Å²) < 4.78 is 23.5. The predicted octanol–water partition coefficient (Wildman–Crippen LogP) is 5.25. The second-order valence-electron chi connectivity index (χ2n) is 8.43. The standard InChI is InChI=1S/C24H27N3O7S/c1-14-21(35-19-11-9-8-10-16(19)27(29)30)22(26(25-14)24(2,3)4)34-23(28)15-12-17(31-5)20(33-7)18(13-15)32-6/h8-13H,1-7H3. The Hall–Kier alpha value is -3.73. The van der Waals surface area contributed by atoms with Gasteiger partial charge in [-0.1, -0.05) is 23.9 Å². The number of hydrogen-bond donors (Lipinski definition) is 0. The van der Waals surface area contributed by atoms with Crippen molar-refractivity contribution in [2.45, 2.75) is 43.0 Å². The lowest BCUT2D eigenvalue weighted by Gasteiger charge is -2.22. The highest BCUT2D eigenvalue weighted by molar-refractivity contribution is 7.99. The molecule has 0 aliphatic rings. The zero-order valence-electron chi connectivity index (χ0n) is 20.6. The molecule has 0 amide bonds. The van der Waals surface area contributed by atoms with Gasteiger partial charge in [0.1, 0.15) is 0 Å². The Labute approximate surface area is 207 Å². The van der Waals surface area contributed by atoms with Gasteiger partial charge in [0.15, 0.2) is 11.5 Å². The maximum absolute atomic E-state index is 13.3. The van der Waals surface area contributed by atoms with E-state index in [1.54, 1.807) is 29.8 Å². The number of rotatable bonds is 8. The summed E-state index contributed by atoms with van der Waals surface area (Å²) in [6.45, 7) is 7.50. The average Bonchev–Trinajstić information content (AvgIpc) is 3.13. The Morgan fingerprint density at radius 1 is 1.06 bits per heavy atom. The molecule has 0 radical (unpaired) electrons.